The summed E-state index contributed by atoms with van der Waals surface area (Å²) in [6, 6.07) is 10.2. The van der Waals surface area contributed by atoms with Gasteiger partial charge in [-0.1, -0.05) is 0 Å². The Labute approximate surface area is 114 Å². The van der Waals surface area contributed by atoms with E-state index in [4.69, 9.17) is 16.7 Å². The maximum absolute atomic E-state index is 13.0. The zero-order valence-electron chi connectivity index (χ0n) is 10.4. The zero-order chi connectivity index (χ0) is 14.7. The highest BCUT2D eigenvalue weighted by Crippen LogP contribution is 2.26. The molecule has 0 radical (unpaired) electrons. The molecule has 0 aliphatic carbocycles. The molecule has 0 spiro atoms. The molecule has 5 nitrogen and oxygen atoms in total. The minimum absolute atomic E-state index is 0.156. The van der Waals surface area contributed by atoms with E-state index in [2.05, 4.69) is 5.32 Å². The number of carbonyl (C=O) groups is 1. The molecule has 0 aliphatic rings. The first-order chi connectivity index (χ1) is 9.51. The number of amides is 1. The van der Waals surface area contributed by atoms with Gasteiger partial charge in [0.1, 0.15) is 11.9 Å². The van der Waals surface area contributed by atoms with Crippen molar-refractivity contribution >= 4 is 23.0 Å². The maximum atomic E-state index is 13.0. The first kappa shape index (κ1) is 13.4. The second-order valence-corrected chi connectivity index (χ2v) is 4.09. The molecule has 0 bridgehead atoms. The molecule has 0 aromatic heterocycles. The van der Waals surface area contributed by atoms with Gasteiger partial charge in [0.05, 0.1) is 22.6 Å². The maximum Gasteiger partial charge on any atom is 0.248 e. The van der Waals surface area contributed by atoms with Gasteiger partial charge < -0.3 is 16.8 Å². The second kappa shape index (κ2) is 5.28. The molecular weight excluding hydrogens is 259 g/mol. The lowest BCUT2D eigenvalue weighted by molar-refractivity contribution is 0.100. The minimum atomic E-state index is -0.581. The minimum Gasteiger partial charge on any atom is -0.397 e. The van der Waals surface area contributed by atoms with Crippen molar-refractivity contribution in [1.82, 2.24) is 0 Å². The van der Waals surface area contributed by atoms with E-state index in [1.54, 1.807) is 6.07 Å². The fraction of sp³-hybridized carbons (Fsp3) is 0. The van der Waals surface area contributed by atoms with E-state index in [0.717, 1.165) is 6.07 Å². The standard InChI is InChI=1S/C14H11FN4O/c15-10-2-4-12(9(5-10)7-16)19-13-3-1-8(14(18)20)6-11(13)17/h1-6,19H,17H2,(H2,18,20). The molecule has 0 saturated heterocycles. The first-order valence-electron chi connectivity index (χ1n) is 5.67. The molecule has 5 N–H and O–H groups in total. The molecule has 1 amide bonds. The Kier molecular flexibility index (Phi) is 3.53. The van der Waals surface area contributed by atoms with Gasteiger partial charge in [-0.2, -0.15) is 5.26 Å². The summed E-state index contributed by atoms with van der Waals surface area (Å²) in [6.45, 7) is 0. The van der Waals surface area contributed by atoms with E-state index < -0.39 is 11.7 Å². The monoisotopic (exact) mass is 270 g/mol. The highest BCUT2D eigenvalue weighted by molar-refractivity contribution is 5.95. The number of nitrogen functional groups attached to an aromatic ring is 1. The molecule has 100 valence electrons. The van der Waals surface area contributed by atoms with Crippen LogP contribution in [0.4, 0.5) is 21.5 Å². The largest absolute Gasteiger partial charge is 0.397 e. The lowest BCUT2D eigenvalue weighted by atomic mass is 10.1. The Morgan fingerprint density at radius 2 is 1.90 bits per heavy atom. The van der Waals surface area contributed by atoms with E-state index >= 15 is 0 Å². The molecule has 0 atom stereocenters. The summed E-state index contributed by atoms with van der Waals surface area (Å²) >= 11 is 0. The predicted octanol–water partition coefficient (Wildman–Crippen LogP) is 2.12. The third-order valence-electron chi connectivity index (χ3n) is 2.71. The Hall–Kier alpha value is -3.07. The van der Waals surface area contributed by atoms with Crippen LogP contribution in [-0.4, -0.2) is 5.91 Å². The van der Waals surface area contributed by atoms with E-state index in [0.29, 0.717) is 17.1 Å². The predicted molar refractivity (Wildman–Crippen MR) is 73.8 cm³/mol. The van der Waals surface area contributed by atoms with Crippen molar-refractivity contribution in [3.8, 4) is 6.07 Å². The van der Waals surface area contributed by atoms with Crippen LogP contribution < -0.4 is 16.8 Å². The molecule has 2 rings (SSSR count). The van der Waals surface area contributed by atoms with Crippen LogP contribution in [0.5, 0.6) is 0 Å². The van der Waals surface area contributed by atoms with Crippen molar-refractivity contribution in [2.75, 3.05) is 11.1 Å². The summed E-state index contributed by atoms with van der Waals surface area (Å²) in [7, 11) is 0. The number of hydrogen-bond acceptors (Lipinski definition) is 4. The number of benzene rings is 2. The molecular formula is C14H11FN4O. The summed E-state index contributed by atoms with van der Waals surface area (Å²) in [5.41, 5.74) is 12.6. The average Bonchev–Trinajstić information content (AvgIpc) is 2.42. The Bertz CT molecular complexity index is 722. The molecule has 2 aromatic carbocycles. The van der Waals surface area contributed by atoms with Crippen LogP contribution in [0.2, 0.25) is 0 Å². The summed E-state index contributed by atoms with van der Waals surface area (Å²) in [4.78, 5) is 11.0. The van der Waals surface area contributed by atoms with Crippen LogP contribution in [0, 0.1) is 17.1 Å². The normalized spacial score (nSPS) is 9.80. The van der Waals surface area contributed by atoms with Gasteiger partial charge in [0, 0.05) is 5.56 Å². The number of carbonyl (C=O) groups excluding carboxylic acids is 1. The number of nitrogens with one attached hydrogen (secondary N) is 1. The summed E-state index contributed by atoms with van der Waals surface area (Å²) in [5, 5.41) is 11.9. The van der Waals surface area contributed by atoms with E-state index in [-0.39, 0.29) is 11.1 Å². The Balaban J connectivity index is 2.36. The van der Waals surface area contributed by atoms with Crippen molar-refractivity contribution < 1.29 is 9.18 Å². The van der Waals surface area contributed by atoms with Crippen molar-refractivity contribution in [3.63, 3.8) is 0 Å². The van der Waals surface area contributed by atoms with Crippen LogP contribution in [0.1, 0.15) is 15.9 Å². The van der Waals surface area contributed by atoms with Gasteiger partial charge in [-0.3, -0.25) is 4.79 Å². The smallest absolute Gasteiger partial charge is 0.248 e. The molecule has 20 heavy (non-hydrogen) atoms. The number of halogens is 1. The number of rotatable bonds is 3. The number of anilines is 3. The van der Waals surface area contributed by atoms with Gasteiger partial charge in [-0.25, -0.2) is 4.39 Å². The quantitative estimate of drug-likeness (QED) is 0.743. The SMILES string of the molecule is N#Cc1cc(F)ccc1Nc1ccc(C(N)=O)cc1N. The fourth-order valence-corrected chi connectivity index (χ4v) is 1.69. The van der Waals surface area contributed by atoms with Crippen LogP contribution in [0.25, 0.3) is 0 Å². The third-order valence-corrected chi connectivity index (χ3v) is 2.71. The summed E-state index contributed by atoms with van der Waals surface area (Å²) in [6.07, 6.45) is 0. The third kappa shape index (κ3) is 2.67. The lowest BCUT2D eigenvalue weighted by Crippen LogP contribution is -2.11. The fourth-order valence-electron chi connectivity index (χ4n) is 1.69. The number of hydrogen-bond donors (Lipinski definition) is 3. The highest BCUT2D eigenvalue weighted by atomic mass is 19.1. The second-order valence-electron chi connectivity index (χ2n) is 4.09. The van der Waals surface area contributed by atoms with Gasteiger partial charge >= 0.3 is 0 Å². The van der Waals surface area contributed by atoms with E-state index in [1.807, 2.05) is 6.07 Å². The van der Waals surface area contributed by atoms with Crippen molar-refractivity contribution in [1.29, 1.82) is 5.26 Å². The van der Waals surface area contributed by atoms with Crippen LogP contribution >= 0.6 is 0 Å². The van der Waals surface area contributed by atoms with Gasteiger partial charge in [0.25, 0.3) is 0 Å². The molecule has 0 aliphatic heterocycles. The Morgan fingerprint density at radius 3 is 2.50 bits per heavy atom. The molecule has 0 unspecified atom stereocenters. The van der Waals surface area contributed by atoms with Gasteiger partial charge in [-0.15, -0.1) is 0 Å². The van der Waals surface area contributed by atoms with Crippen LogP contribution in [-0.2, 0) is 0 Å². The number of nitrogens with two attached hydrogens (primary N) is 2. The molecule has 6 heteroatoms. The highest BCUT2D eigenvalue weighted by Gasteiger charge is 2.08. The van der Waals surface area contributed by atoms with Crippen LogP contribution in [0.15, 0.2) is 36.4 Å². The van der Waals surface area contributed by atoms with E-state index in [9.17, 15) is 9.18 Å². The first-order valence-corrected chi connectivity index (χ1v) is 5.67. The molecule has 0 fully saturated rings. The topological polar surface area (TPSA) is 105 Å². The Morgan fingerprint density at radius 1 is 1.20 bits per heavy atom. The molecule has 0 saturated carbocycles. The van der Waals surface area contributed by atoms with E-state index in [1.165, 1.54) is 24.3 Å². The van der Waals surface area contributed by atoms with Crippen LogP contribution in [0.3, 0.4) is 0 Å². The van der Waals surface area contributed by atoms with Crippen molar-refractivity contribution in [2.24, 2.45) is 5.73 Å². The lowest BCUT2D eigenvalue weighted by Gasteiger charge is -2.11. The van der Waals surface area contributed by atoms with Gasteiger partial charge in [-0.05, 0) is 36.4 Å². The number of nitrogens with zero attached hydrogens (tertiary/aromatic N) is 1. The average molecular weight is 270 g/mol. The van der Waals surface area contributed by atoms with Crippen molar-refractivity contribution in [2.45, 2.75) is 0 Å². The molecule has 2 aromatic rings. The van der Waals surface area contributed by atoms with Crippen molar-refractivity contribution in [3.05, 3.63) is 53.3 Å². The van der Waals surface area contributed by atoms with Gasteiger partial charge in [0.2, 0.25) is 5.91 Å². The van der Waals surface area contributed by atoms with Gasteiger partial charge in [0.15, 0.2) is 0 Å². The zero-order valence-corrected chi connectivity index (χ0v) is 10.4. The summed E-state index contributed by atoms with van der Waals surface area (Å²) < 4.78 is 13.0. The number of nitriles is 1. The molecule has 0 heterocycles. The summed E-state index contributed by atoms with van der Waals surface area (Å²) in [5.74, 6) is -1.08. The number of primary amides is 1.